The number of hydrogen-bond donors (Lipinski definition) is 0. The minimum absolute atomic E-state index is 0.690. The molecule has 0 saturated carbocycles. The van der Waals surface area contributed by atoms with E-state index in [-0.39, 0.29) is 0 Å². The molecule has 0 amide bonds. The van der Waals surface area contributed by atoms with E-state index in [1.165, 1.54) is 16.9 Å². The van der Waals surface area contributed by atoms with Crippen molar-refractivity contribution in [3.63, 3.8) is 0 Å². The second-order valence-corrected chi connectivity index (χ2v) is 3.94. The lowest BCUT2D eigenvalue weighted by Crippen LogP contribution is -1.83. The molecule has 0 unspecified atom stereocenters. The molecule has 1 aromatic carbocycles. The van der Waals surface area contributed by atoms with Gasteiger partial charge in [-0.05, 0) is 13.0 Å². The first-order chi connectivity index (χ1) is 6.81. The molecule has 2 rings (SSSR count). The van der Waals surface area contributed by atoms with Crippen molar-refractivity contribution < 1.29 is 4.79 Å². The van der Waals surface area contributed by atoms with Gasteiger partial charge in [0, 0.05) is 5.56 Å². The van der Waals surface area contributed by atoms with Crippen LogP contribution in [0.15, 0.2) is 29.8 Å². The van der Waals surface area contributed by atoms with Gasteiger partial charge in [-0.3, -0.25) is 4.79 Å². The lowest BCUT2D eigenvalue weighted by molar-refractivity contribution is 0.112. The predicted octanol–water partition coefficient (Wildman–Crippen LogP) is 2.93. The summed E-state index contributed by atoms with van der Waals surface area (Å²) in [5.74, 6) is 0. The van der Waals surface area contributed by atoms with Crippen molar-refractivity contribution in [3.05, 3.63) is 40.2 Å². The van der Waals surface area contributed by atoms with E-state index in [2.05, 4.69) is 4.98 Å². The van der Waals surface area contributed by atoms with E-state index < -0.39 is 0 Å². The highest BCUT2D eigenvalue weighted by Crippen LogP contribution is 2.24. The van der Waals surface area contributed by atoms with Crippen molar-refractivity contribution >= 4 is 17.6 Å². The number of aryl methyl sites for hydroxylation is 1. The fourth-order valence-corrected chi connectivity index (χ4v) is 1.96. The third kappa shape index (κ3) is 1.59. The van der Waals surface area contributed by atoms with Crippen LogP contribution in [0.4, 0.5) is 0 Å². The van der Waals surface area contributed by atoms with Crippen molar-refractivity contribution in [1.29, 1.82) is 0 Å². The Morgan fingerprint density at radius 1 is 1.43 bits per heavy atom. The molecule has 1 heterocycles. The Hall–Kier alpha value is -1.48. The average Bonchev–Trinajstić information content (AvgIpc) is 2.65. The average molecular weight is 203 g/mol. The summed E-state index contributed by atoms with van der Waals surface area (Å²) in [4.78, 5) is 15.6. The molecular weight excluding hydrogens is 194 g/mol. The molecule has 0 aliphatic carbocycles. The van der Waals surface area contributed by atoms with E-state index in [1.807, 2.05) is 31.2 Å². The maximum atomic E-state index is 10.7. The molecule has 14 heavy (non-hydrogen) atoms. The monoisotopic (exact) mass is 203 g/mol. The summed E-state index contributed by atoms with van der Waals surface area (Å²) in [7, 11) is 0. The number of hydrogen-bond acceptors (Lipinski definition) is 3. The Morgan fingerprint density at radius 3 is 3.00 bits per heavy atom. The fourth-order valence-electron chi connectivity index (χ4n) is 1.35. The lowest BCUT2D eigenvalue weighted by atomic mass is 10.1. The Labute approximate surface area is 86.2 Å². The van der Waals surface area contributed by atoms with Gasteiger partial charge in [-0.25, -0.2) is 4.98 Å². The summed E-state index contributed by atoms with van der Waals surface area (Å²) >= 11 is 1.37. The number of aldehydes is 1. The first-order valence-corrected chi connectivity index (χ1v) is 5.15. The Balaban J connectivity index is 2.54. The van der Waals surface area contributed by atoms with Crippen LogP contribution in [-0.4, -0.2) is 11.3 Å². The summed E-state index contributed by atoms with van der Waals surface area (Å²) in [5, 5.41) is 0. The van der Waals surface area contributed by atoms with Crippen LogP contribution < -0.4 is 0 Å². The van der Waals surface area contributed by atoms with Crippen molar-refractivity contribution in [2.24, 2.45) is 0 Å². The molecule has 3 heteroatoms. The van der Waals surface area contributed by atoms with E-state index in [0.717, 1.165) is 17.5 Å². The van der Waals surface area contributed by atoms with E-state index in [4.69, 9.17) is 0 Å². The molecule has 70 valence electrons. The molecule has 2 aromatic rings. The predicted molar refractivity (Wildman–Crippen MR) is 57.7 cm³/mol. The van der Waals surface area contributed by atoms with E-state index in [9.17, 15) is 4.79 Å². The van der Waals surface area contributed by atoms with Crippen molar-refractivity contribution in [1.82, 2.24) is 4.98 Å². The second-order valence-electron chi connectivity index (χ2n) is 3.05. The third-order valence-electron chi connectivity index (χ3n) is 1.99. The lowest BCUT2D eigenvalue weighted by Gasteiger charge is -1.98. The molecular formula is C11H9NOS. The van der Waals surface area contributed by atoms with Crippen LogP contribution >= 0.6 is 11.3 Å². The largest absolute Gasteiger partial charge is 0.297 e. The normalized spacial score (nSPS) is 10.1. The summed E-state index contributed by atoms with van der Waals surface area (Å²) in [6, 6.07) is 7.99. The minimum atomic E-state index is 0.690. The zero-order valence-electron chi connectivity index (χ0n) is 7.73. The number of rotatable bonds is 2. The van der Waals surface area contributed by atoms with Crippen molar-refractivity contribution in [2.45, 2.75) is 6.92 Å². The van der Waals surface area contributed by atoms with Gasteiger partial charge in [0.1, 0.15) is 0 Å². The van der Waals surface area contributed by atoms with Crippen LogP contribution in [0.2, 0.25) is 0 Å². The van der Waals surface area contributed by atoms with E-state index >= 15 is 0 Å². The molecule has 0 fully saturated rings. The van der Waals surface area contributed by atoms with Gasteiger partial charge in [-0.2, -0.15) is 0 Å². The number of nitrogens with zero attached hydrogens (tertiary/aromatic N) is 1. The fraction of sp³-hybridized carbons (Fsp3) is 0.0909. The third-order valence-corrected chi connectivity index (χ3v) is 2.75. The van der Waals surface area contributed by atoms with E-state index in [0.29, 0.717) is 4.88 Å². The maximum Gasteiger partial charge on any atom is 0.162 e. The highest BCUT2D eigenvalue weighted by atomic mass is 32.1. The molecule has 0 atom stereocenters. The summed E-state index contributed by atoms with van der Waals surface area (Å²) < 4.78 is 0. The highest BCUT2D eigenvalue weighted by molar-refractivity contribution is 7.11. The summed E-state index contributed by atoms with van der Waals surface area (Å²) in [6.07, 6.45) is 0.856. The maximum absolute atomic E-state index is 10.7. The van der Waals surface area contributed by atoms with Gasteiger partial charge in [-0.1, -0.05) is 23.8 Å². The summed E-state index contributed by atoms with van der Waals surface area (Å²) in [6.45, 7) is 2.02. The van der Waals surface area contributed by atoms with Crippen LogP contribution in [0.25, 0.3) is 11.3 Å². The molecule has 1 aromatic heterocycles. The standard InChI is InChI=1S/C11H9NOS/c1-8-3-2-4-9(5-8)11-10(6-13)14-7-12-11/h2-7H,1H3. The van der Waals surface area contributed by atoms with Crippen LogP contribution in [0, 0.1) is 6.92 Å². The van der Waals surface area contributed by atoms with Crippen LogP contribution in [0.5, 0.6) is 0 Å². The van der Waals surface area contributed by atoms with Gasteiger partial charge in [0.05, 0.1) is 16.1 Å². The summed E-state index contributed by atoms with van der Waals surface area (Å²) in [5.41, 5.74) is 4.66. The number of benzene rings is 1. The first kappa shape index (κ1) is 9.09. The molecule has 0 aliphatic heterocycles. The zero-order chi connectivity index (χ0) is 9.97. The Kier molecular flexibility index (Phi) is 2.41. The molecule has 0 radical (unpaired) electrons. The number of thiazole rings is 1. The molecule has 0 spiro atoms. The topological polar surface area (TPSA) is 30.0 Å². The van der Waals surface area contributed by atoms with E-state index in [1.54, 1.807) is 5.51 Å². The van der Waals surface area contributed by atoms with Gasteiger partial charge < -0.3 is 0 Å². The van der Waals surface area contributed by atoms with Crippen LogP contribution in [0.1, 0.15) is 15.2 Å². The first-order valence-electron chi connectivity index (χ1n) is 4.27. The zero-order valence-corrected chi connectivity index (χ0v) is 8.54. The minimum Gasteiger partial charge on any atom is -0.297 e. The Morgan fingerprint density at radius 2 is 2.29 bits per heavy atom. The number of carbonyl (C=O) groups is 1. The Bertz CT molecular complexity index is 462. The van der Waals surface area contributed by atoms with Gasteiger partial charge >= 0.3 is 0 Å². The molecule has 0 saturated heterocycles. The quantitative estimate of drug-likeness (QED) is 0.702. The van der Waals surface area contributed by atoms with Gasteiger partial charge in [0.2, 0.25) is 0 Å². The van der Waals surface area contributed by atoms with Crippen LogP contribution in [-0.2, 0) is 0 Å². The number of aromatic nitrogens is 1. The molecule has 0 N–H and O–H groups in total. The SMILES string of the molecule is Cc1cccc(-c2ncsc2C=O)c1. The highest BCUT2D eigenvalue weighted by Gasteiger charge is 2.06. The second kappa shape index (κ2) is 3.72. The van der Waals surface area contributed by atoms with Crippen LogP contribution in [0.3, 0.4) is 0 Å². The molecule has 0 aliphatic rings. The van der Waals surface area contributed by atoms with Gasteiger partial charge in [0.15, 0.2) is 6.29 Å². The van der Waals surface area contributed by atoms with Crippen molar-refractivity contribution in [2.75, 3.05) is 0 Å². The van der Waals surface area contributed by atoms with Gasteiger partial charge in [-0.15, -0.1) is 11.3 Å². The van der Waals surface area contributed by atoms with Crippen molar-refractivity contribution in [3.8, 4) is 11.3 Å². The number of carbonyl (C=O) groups excluding carboxylic acids is 1. The molecule has 2 nitrogen and oxygen atoms in total. The smallest absolute Gasteiger partial charge is 0.162 e. The molecule has 0 bridgehead atoms. The van der Waals surface area contributed by atoms with Gasteiger partial charge in [0.25, 0.3) is 0 Å².